The van der Waals surface area contributed by atoms with Crippen molar-refractivity contribution in [3.05, 3.63) is 47.7 Å². The topological polar surface area (TPSA) is 204 Å². The van der Waals surface area contributed by atoms with Crippen molar-refractivity contribution in [2.75, 3.05) is 11.5 Å². The standard InChI is InChI=1S/C20H20N6O6/c21-17-16-13(25-20(22)26-17)6-3-11(23-16)9-32-12-4-1-10(2-5-12)18(29)24-14(19(30)31)7-8-15(27)28/h1-6,14H,7-9H2,(H,24,29)(H,27,28)(H,30,31)(H4,21,22,25,26). The largest absolute Gasteiger partial charge is 0.487 e. The van der Waals surface area contributed by atoms with E-state index >= 15 is 0 Å². The molecule has 32 heavy (non-hydrogen) atoms. The molecule has 0 saturated carbocycles. The van der Waals surface area contributed by atoms with Crippen LogP contribution in [0.4, 0.5) is 11.8 Å². The van der Waals surface area contributed by atoms with Gasteiger partial charge in [0.2, 0.25) is 5.95 Å². The van der Waals surface area contributed by atoms with Crippen LogP contribution in [0.25, 0.3) is 11.0 Å². The normalized spacial score (nSPS) is 11.6. The Morgan fingerprint density at radius 1 is 1.00 bits per heavy atom. The van der Waals surface area contributed by atoms with Crippen molar-refractivity contribution in [2.45, 2.75) is 25.5 Å². The first kappa shape index (κ1) is 22.2. The average molecular weight is 440 g/mol. The van der Waals surface area contributed by atoms with Gasteiger partial charge < -0.3 is 31.7 Å². The average Bonchev–Trinajstić information content (AvgIpc) is 2.75. The van der Waals surface area contributed by atoms with E-state index in [-0.39, 0.29) is 36.8 Å². The van der Waals surface area contributed by atoms with E-state index < -0.39 is 23.9 Å². The number of hydrogen-bond donors (Lipinski definition) is 5. The second-order valence-electron chi connectivity index (χ2n) is 6.75. The number of hydrogen-bond acceptors (Lipinski definition) is 9. The molecule has 1 amide bonds. The second kappa shape index (κ2) is 9.55. The molecule has 0 spiro atoms. The molecule has 1 aromatic carbocycles. The zero-order valence-electron chi connectivity index (χ0n) is 16.7. The first-order chi connectivity index (χ1) is 15.2. The summed E-state index contributed by atoms with van der Waals surface area (Å²) in [5.74, 6) is -2.43. The zero-order valence-corrected chi connectivity index (χ0v) is 16.7. The number of carboxylic acid groups (broad SMARTS) is 2. The number of aliphatic carboxylic acids is 2. The van der Waals surface area contributed by atoms with Gasteiger partial charge >= 0.3 is 11.9 Å². The number of carbonyl (C=O) groups is 3. The SMILES string of the molecule is Nc1nc(N)c2nc(COc3ccc(C(=O)NC(CCC(=O)O)C(=O)O)cc3)ccc2n1. The molecule has 166 valence electrons. The van der Waals surface area contributed by atoms with Gasteiger partial charge in [0, 0.05) is 12.0 Å². The number of anilines is 2. The number of nitrogens with one attached hydrogen (secondary N) is 1. The predicted molar refractivity (Wildman–Crippen MR) is 113 cm³/mol. The highest BCUT2D eigenvalue weighted by Gasteiger charge is 2.21. The van der Waals surface area contributed by atoms with E-state index in [1.165, 1.54) is 12.1 Å². The van der Waals surface area contributed by atoms with E-state index in [4.69, 9.17) is 26.4 Å². The lowest BCUT2D eigenvalue weighted by atomic mass is 10.1. The van der Waals surface area contributed by atoms with Crippen LogP contribution in [0.5, 0.6) is 5.75 Å². The van der Waals surface area contributed by atoms with Crippen molar-refractivity contribution in [3.63, 3.8) is 0 Å². The summed E-state index contributed by atoms with van der Waals surface area (Å²) >= 11 is 0. The number of rotatable bonds is 9. The number of aromatic nitrogens is 3. The minimum atomic E-state index is -1.31. The number of carboxylic acids is 2. The molecule has 0 aliphatic rings. The lowest BCUT2D eigenvalue weighted by molar-refractivity contribution is -0.140. The maximum Gasteiger partial charge on any atom is 0.326 e. The lowest BCUT2D eigenvalue weighted by Crippen LogP contribution is -2.41. The highest BCUT2D eigenvalue weighted by Crippen LogP contribution is 2.19. The summed E-state index contributed by atoms with van der Waals surface area (Å²) in [6.07, 6.45) is -0.601. The van der Waals surface area contributed by atoms with Crippen molar-refractivity contribution in [2.24, 2.45) is 0 Å². The first-order valence-electron chi connectivity index (χ1n) is 9.40. The Morgan fingerprint density at radius 2 is 1.72 bits per heavy atom. The number of pyridine rings is 1. The molecule has 2 heterocycles. The number of carbonyl (C=O) groups excluding carboxylic acids is 1. The summed E-state index contributed by atoms with van der Waals surface area (Å²) in [4.78, 5) is 46.4. The van der Waals surface area contributed by atoms with E-state index in [1.54, 1.807) is 24.3 Å². The van der Waals surface area contributed by atoms with Gasteiger partial charge in [0.05, 0.1) is 11.2 Å². The summed E-state index contributed by atoms with van der Waals surface area (Å²) < 4.78 is 5.66. The molecular formula is C20H20N6O6. The number of nitrogens with zero attached hydrogens (tertiary/aromatic N) is 3. The summed E-state index contributed by atoms with van der Waals surface area (Å²) in [6, 6.07) is 8.11. The maximum atomic E-state index is 12.3. The number of fused-ring (bicyclic) bond motifs is 1. The van der Waals surface area contributed by atoms with Crippen LogP contribution in [0.2, 0.25) is 0 Å². The van der Waals surface area contributed by atoms with Crippen LogP contribution in [0.3, 0.4) is 0 Å². The van der Waals surface area contributed by atoms with Crippen LogP contribution in [0, 0.1) is 0 Å². The summed E-state index contributed by atoms with van der Waals surface area (Å²) in [5, 5.41) is 20.1. The second-order valence-corrected chi connectivity index (χ2v) is 6.75. The molecule has 2 aromatic heterocycles. The fourth-order valence-electron chi connectivity index (χ4n) is 2.80. The predicted octanol–water partition coefficient (Wildman–Crippen LogP) is 0.816. The molecule has 0 aliphatic heterocycles. The Hall–Kier alpha value is -4.48. The number of ether oxygens (including phenoxy) is 1. The molecule has 3 rings (SSSR count). The minimum Gasteiger partial charge on any atom is -0.487 e. The van der Waals surface area contributed by atoms with Gasteiger partial charge in [-0.1, -0.05) is 0 Å². The molecule has 0 bridgehead atoms. The third kappa shape index (κ3) is 5.56. The molecule has 0 radical (unpaired) electrons. The number of nitrogens with two attached hydrogens (primary N) is 2. The number of benzene rings is 1. The molecule has 0 saturated heterocycles. The van der Waals surface area contributed by atoms with Crippen LogP contribution in [-0.4, -0.2) is 49.1 Å². The molecule has 1 atom stereocenters. The third-order valence-electron chi connectivity index (χ3n) is 4.40. The third-order valence-corrected chi connectivity index (χ3v) is 4.40. The Morgan fingerprint density at radius 3 is 2.38 bits per heavy atom. The van der Waals surface area contributed by atoms with Gasteiger partial charge in [-0.15, -0.1) is 0 Å². The highest BCUT2D eigenvalue weighted by molar-refractivity contribution is 5.96. The van der Waals surface area contributed by atoms with Crippen molar-refractivity contribution in [3.8, 4) is 5.75 Å². The van der Waals surface area contributed by atoms with Crippen molar-refractivity contribution < 1.29 is 29.3 Å². The van der Waals surface area contributed by atoms with Crippen LogP contribution in [0.15, 0.2) is 36.4 Å². The van der Waals surface area contributed by atoms with E-state index in [0.29, 0.717) is 22.5 Å². The van der Waals surface area contributed by atoms with E-state index in [2.05, 4.69) is 20.3 Å². The monoisotopic (exact) mass is 440 g/mol. The van der Waals surface area contributed by atoms with Crippen LogP contribution in [0.1, 0.15) is 28.9 Å². The summed E-state index contributed by atoms with van der Waals surface area (Å²) in [6.45, 7) is 0.113. The smallest absolute Gasteiger partial charge is 0.326 e. The van der Waals surface area contributed by atoms with Gasteiger partial charge in [-0.3, -0.25) is 9.59 Å². The van der Waals surface area contributed by atoms with Gasteiger partial charge in [-0.25, -0.2) is 14.8 Å². The number of amides is 1. The molecule has 12 nitrogen and oxygen atoms in total. The summed E-state index contributed by atoms with van der Waals surface area (Å²) in [5.41, 5.74) is 13.1. The van der Waals surface area contributed by atoms with Gasteiger partial charge in [0.1, 0.15) is 23.9 Å². The van der Waals surface area contributed by atoms with Gasteiger partial charge in [0.25, 0.3) is 5.91 Å². The quantitative estimate of drug-likeness (QED) is 0.315. The van der Waals surface area contributed by atoms with Crippen molar-refractivity contribution >= 4 is 40.6 Å². The summed E-state index contributed by atoms with van der Waals surface area (Å²) in [7, 11) is 0. The molecule has 7 N–H and O–H groups in total. The first-order valence-corrected chi connectivity index (χ1v) is 9.40. The van der Waals surface area contributed by atoms with Gasteiger partial charge in [-0.05, 0) is 42.8 Å². The van der Waals surface area contributed by atoms with Crippen molar-refractivity contribution in [1.29, 1.82) is 0 Å². The maximum absolute atomic E-state index is 12.3. The zero-order chi connectivity index (χ0) is 23.3. The fourth-order valence-corrected chi connectivity index (χ4v) is 2.80. The van der Waals surface area contributed by atoms with E-state index in [9.17, 15) is 14.4 Å². The Kier molecular flexibility index (Phi) is 6.63. The molecular weight excluding hydrogens is 420 g/mol. The van der Waals surface area contributed by atoms with Crippen LogP contribution < -0.4 is 21.5 Å². The molecule has 0 fully saturated rings. The molecule has 12 heteroatoms. The number of nitrogen functional groups attached to an aromatic ring is 2. The molecule has 3 aromatic rings. The Bertz CT molecular complexity index is 1170. The minimum absolute atomic E-state index is 0.0569. The Labute approximate surface area is 181 Å². The Balaban J connectivity index is 1.62. The van der Waals surface area contributed by atoms with Crippen molar-refractivity contribution in [1.82, 2.24) is 20.3 Å². The van der Waals surface area contributed by atoms with Crippen LogP contribution in [-0.2, 0) is 16.2 Å². The van der Waals surface area contributed by atoms with E-state index in [0.717, 1.165) is 0 Å². The highest BCUT2D eigenvalue weighted by atomic mass is 16.5. The molecule has 0 aliphatic carbocycles. The van der Waals surface area contributed by atoms with Crippen LogP contribution >= 0.6 is 0 Å². The van der Waals surface area contributed by atoms with E-state index in [1.807, 2.05) is 0 Å². The molecule has 1 unspecified atom stereocenters. The van der Waals surface area contributed by atoms with Gasteiger partial charge in [0.15, 0.2) is 5.82 Å². The lowest BCUT2D eigenvalue weighted by Gasteiger charge is -2.14. The van der Waals surface area contributed by atoms with Gasteiger partial charge in [-0.2, -0.15) is 4.98 Å². The fraction of sp³-hybridized carbons (Fsp3) is 0.200.